The average molecular weight is 1260 g/mol. The number of amides is 2. The fraction of sp³-hybridized carbons (Fsp3) is 0.475. The lowest BCUT2D eigenvalue weighted by Gasteiger charge is -2.46. The van der Waals surface area contributed by atoms with Crippen molar-refractivity contribution in [2.24, 2.45) is 27.1 Å². The van der Waals surface area contributed by atoms with Gasteiger partial charge in [-0.3, -0.25) is 0 Å². The van der Waals surface area contributed by atoms with E-state index in [1.165, 1.54) is 0 Å². The second-order valence-electron chi connectivity index (χ2n) is 21.5. The predicted molar refractivity (Wildman–Crippen MR) is 312 cm³/mol. The van der Waals surface area contributed by atoms with Gasteiger partial charge in [-0.2, -0.15) is 0 Å². The maximum absolute atomic E-state index is 14.1. The number of ether oxygens (including phenoxy) is 14. The molecule has 2 amide bonds. The maximum atomic E-state index is 14.1. The molecule has 1 aliphatic carbocycles. The van der Waals surface area contributed by atoms with Crippen LogP contribution in [-0.2, 0) is 114 Å². The molecule has 1 rings (SSSR count). The number of hydrogen-bond acceptors (Lipinski definition) is 26. The fourth-order valence-corrected chi connectivity index (χ4v) is 8.51. The van der Waals surface area contributed by atoms with Crippen LogP contribution in [0.2, 0.25) is 0 Å². The van der Waals surface area contributed by atoms with Gasteiger partial charge in [-0.15, -0.1) is 0 Å². The predicted octanol–water partition coefficient (Wildman–Crippen LogP) is 4.05. The fourth-order valence-electron chi connectivity index (χ4n) is 8.51. The highest BCUT2D eigenvalue weighted by Crippen LogP contribution is 2.46. The highest BCUT2D eigenvalue weighted by Gasteiger charge is 2.46. The molecular weight excluding hydrogens is 1180 g/mol. The molecule has 0 spiro atoms. The highest BCUT2D eigenvalue weighted by atomic mass is 16.6. The number of hydrogen-bond donors (Lipinski definition) is 2. The van der Waals surface area contributed by atoms with Crippen LogP contribution in [0.3, 0.4) is 0 Å². The number of esters is 10. The van der Waals surface area contributed by atoms with Crippen LogP contribution in [0.1, 0.15) is 40.0 Å². The van der Waals surface area contributed by atoms with Crippen LogP contribution in [-0.4, -0.2) is 189 Å². The summed E-state index contributed by atoms with van der Waals surface area (Å²) in [6.07, 6.45) is 7.07. The van der Waals surface area contributed by atoms with Gasteiger partial charge in [-0.1, -0.05) is 86.6 Å². The first-order valence-electron chi connectivity index (χ1n) is 26.9. The summed E-state index contributed by atoms with van der Waals surface area (Å²) in [5.74, 6) is -9.45. The van der Waals surface area contributed by atoms with Crippen LogP contribution in [0.4, 0.5) is 9.59 Å². The Balaban J connectivity index is 3.70. The Labute approximate surface area is 515 Å². The van der Waals surface area contributed by atoms with Crippen molar-refractivity contribution >= 4 is 71.9 Å². The summed E-state index contributed by atoms with van der Waals surface area (Å²) in [7, 11) is 0. The van der Waals surface area contributed by atoms with Gasteiger partial charge in [0.05, 0.1) is 42.7 Å². The van der Waals surface area contributed by atoms with E-state index in [1.807, 2.05) is 13.8 Å². The van der Waals surface area contributed by atoms with Gasteiger partial charge >= 0.3 is 71.9 Å². The molecule has 0 heterocycles. The second kappa shape index (κ2) is 38.7. The Bertz CT molecular complexity index is 2470. The Morgan fingerprint density at radius 3 is 0.899 bits per heavy atom. The molecule has 2 atom stereocenters. The molecule has 1 unspecified atom stereocenters. The largest absolute Gasteiger partial charge is 0.462 e. The Morgan fingerprint density at radius 1 is 0.360 bits per heavy atom. The van der Waals surface area contributed by atoms with Crippen molar-refractivity contribution in [3.05, 3.63) is 127 Å². The summed E-state index contributed by atoms with van der Waals surface area (Å²) in [6.45, 7) is 29.1. The van der Waals surface area contributed by atoms with Crippen LogP contribution in [0.15, 0.2) is 127 Å². The van der Waals surface area contributed by atoms with E-state index in [1.54, 1.807) is 6.92 Å². The molecule has 490 valence electrons. The Hall–Kier alpha value is -9.44. The van der Waals surface area contributed by atoms with Gasteiger partial charge in [-0.25, -0.2) is 57.5 Å². The first-order chi connectivity index (χ1) is 41.9. The van der Waals surface area contributed by atoms with Crippen LogP contribution in [0.25, 0.3) is 0 Å². The first-order valence-corrected chi connectivity index (χ1v) is 26.9. The van der Waals surface area contributed by atoms with Gasteiger partial charge in [-0.05, 0) is 30.1 Å². The third kappa shape index (κ3) is 30.2. The number of carbonyl (C=O) groups excluding carboxylic acids is 12. The SMILES string of the molecule is C=CC(=O)OCC(COCC(COC(=O)C=C)(COC(=O)C=C)COC(=O)NC1CC(C)(C)C[C@](C)(CNC(=O)OC(COCC(COC(=O)C=C)(COC(=O)C=C)COC(=O)C=C)(COC(=O)C=C)COC(=O)C=C)C1)(COC(=O)C=C)COC(=O)C=C. The van der Waals surface area contributed by atoms with Gasteiger partial charge in [0.25, 0.3) is 0 Å². The maximum Gasteiger partial charge on any atom is 0.408 e. The summed E-state index contributed by atoms with van der Waals surface area (Å²) in [6, 6.07) is -0.681. The molecule has 0 aromatic carbocycles. The molecule has 28 nitrogen and oxygen atoms in total. The van der Waals surface area contributed by atoms with E-state index in [9.17, 15) is 57.5 Å². The summed E-state index contributed by atoms with van der Waals surface area (Å²) in [4.78, 5) is 152. The van der Waals surface area contributed by atoms with Crippen LogP contribution < -0.4 is 10.6 Å². The second-order valence-corrected chi connectivity index (χ2v) is 21.5. The molecule has 0 aromatic rings. The molecule has 0 aromatic heterocycles. The molecule has 0 radical (unpaired) electrons. The molecule has 0 aliphatic heterocycles. The molecule has 28 heteroatoms. The van der Waals surface area contributed by atoms with Crippen molar-refractivity contribution in [1.29, 1.82) is 0 Å². The van der Waals surface area contributed by atoms with E-state index in [0.29, 0.717) is 12.8 Å². The standard InChI is InChI=1S/C61H80N2O26/c1-14-44(64)78-31-58(32-79-45(65)15-2,33-80-46(66)16-3)28-76-29-60(37-84-50(70)20-7,38-85-51(71)21-8)39-88-55(75)63-43-24-56(11,12)26-57(13,25-43)27-62-54(74)89-61(41-86-52(72)22-9,42-87-53(73)23-10)40-77-30-59(34-81-47(67)17-4,35-82-48(68)18-5)36-83-49(69)19-6/h14-23,43H,1-10,24-42H2,11-13H3,(H,62,74)(H,63,75)/t43?,57-/m1/s1. The van der Waals surface area contributed by atoms with E-state index in [0.717, 1.165) is 60.8 Å². The third-order valence-corrected chi connectivity index (χ3v) is 12.6. The summed E-state index contributed by atoms with van der Waals surface area (Å²) < 4.78 is 76.8. The molecule has 0 bridgehead atoms. The monoisotopic (exact) mass is 1260 g/mol. The van der Waals surface area contributed by atoms with Crippen molar-refractivity contribution in [1.82, 2.24) is 10.6 Å². The minimum absolute atomic E-state index is 0.156. The molecule has 2 N–H and O–H groups in total. The van der Waals surface area contributed by atoms with Crippen LogP contribution >= 0.6 is 0 Å². The third-order valence-electron chi connectivity index (χ3n) is 12.6. The van der Waals surface area contributed by atoms with E-state index in [4.69, 9.17) is 66.3 Å². The summed E-state index contributed by atoms with van der Waals surface area (Å²) in [5.41, 5.74) is -8.74. The first kappa shape index (κ1) is 77.6. The summed E-state index contributed by atoms with van der Waals surface area (Å²) in [5, 5.41) is 5.51. The van der Waals surface area contributed by atoms with Crippen molar-refractivity contribution in [3.63, 3.8) is 0 Å². The smallest absolute Gasteiger partial charge is 0.408 e. The number of nitrogens with one attached hydrogen (secondary N) is 2. The number of rotatable bonds is 44. The Morgan fingerprint density at radius 2 is 0.618 bits per heavy atom. The van der Waals surface area contributed by atoms with E-state index in [-0.39, 0.29) is 13.0 Å². The lowest BCUT2D eigenvalue weighted by molar-refractivity contribution is -0.176. The van der Waals surface area contributed by atoms with Crippen molar-refractivity contribution in [3.8, 4) is 0 Å². The minimum atomic E-state index is -2.21. The highest BCUT2D eigenvalue weighted by molar-refractivity contribution is 5.85. The Kier molecular flexibility index (Phi) is 33.7. The van der Waals surface area contributed by atoms with Gasteiger partial charge < -0.3 is 76.9 Å². The lowest BCUT2D eigenvalue weighted by atomic mass is 9.62. The molecule has 89 heavy (non-hydrogen) atoms. The minimum Gasteiger partial charge on any atom is -0.462 e. The van der Waals surface area contributed by atoms with E-state index < -0.39 is 210 Å². The van der Waals surface area contributed by atoms with E-state index in [2.05, 4.69) is 76.4 Å². The molecule has 1 fully saturated rings. The zero-order chi connectivity index (χ0) is 67.3. The molecule has 1 saturated carbocycles. The molecule has 0 saturated heterocycles. The van der Waals surface area contributed by atoms with Crippen molar-refractivity contribution < 1.29 is 124 Å². The van der Waals surface area contributed by atoms with Gasteiger partial charge in [0.15, 0.2) is 0 Å². The number of alkyl carbamates (subject to hydrolysis) is 2. The topological polar surface area (TPSA) is 358 Å². The quantitative estimate of drug-likeness (QED) is 0.0493. The van der Waals surface area contributed by atoms with Gasteiger partial charge in [0, 0.05) is 73.3 Å². The number of carbonyl (C=O) groups is 12. The lowest BCUT2D eigenvalue weighted by Crippen LogP contribution is -2.54. The molecular formula is C61H80N2O26. The van der Waals surface area contributed by atoms with E-state index >= 15 is 0 Å². The van der Waals surface area contributed by atoms with Crippen LogP contribution in [0.5, 0.6) is 0 Å². The van der Waals surface area contributed by atoms with Crippen molar-refractivity contribution in [2.75, 3.05) is 106 Å². The van der Waals surface area contributed by atoms with Gasteiger partial charge in [0.2, 0.25) is 5.60 Å². The van der Waals surface area contributed by atoms with Gasteiger partial charge in [0.1, 0.15) is 72.7 Å². The normalized spacial score (nSPS) is 15.0. The van der Waals surface area contributed by atoms with Crippen LogP contribution in [0, 0.1) is 27.1 Å². The molecule has 1 aliphatic rings. The van der Waals surface area contributed by atoms with Crippen molar-refractivity contribution in [2.45, 2.75) is 51.7 Å². The zero-order valence-electron chi connectivity index (χ0n) is 50.5. The zero-order valence-corrected chi connectivity index (χ0v) is 50.5. The summed E-state index contributed by atoms with van der Waals surface area (Å²) >= 11 is 0. The average Bonchev–Trinajstić information content (AvgIpc) is 1.48.